The Labute approximate surface area is 145 Å². The van der Waals surface area contributed by atoms with Gasteiger partial charge in [-0.25, -0.2) is 0 Å². The van der Waals surface area contributed by atoms with E-state index in [1.165, 1.54) is 12.8 Å². The normalized spacial score (nSPS) is 42.9. The number of carbonyl (C=O) groups is 1. The molecule has 4 rings (SSSR count). The highest BCUT2D eigenvalue weighted by atomic mass is 16.2. The van der Waals surface area contributed by atoms with Crippen LogP contribution in [0.3, 0.4) is 0 Å². The molecule has 5 nitrogen and oxygen atoms in total. The molecular weight excluding hydrogens is 300 g/mol. The molecule has 1 amide bonds. The van der Waals surface area contributed by atoms with Crippen LogP contribution in [0.2, 0.25) is 0 Å². The molecule has 5 heteroatoms. The van der Waals surface area contributed by atoms with Crippen molar-refractivity contribution in [3.8, 4) is 0 Å². The Morgan fingerprint density at radius 1 is 1.21 bits per heavy atom. The Morgan fingerprint density at radius 3 is 2.88 bits per heavy atom. The largest absolute Gasteiger partial charge is 0.340 e. The number of carbonyl (C=O) groups excluding carboxylic acids is 1. The van der Waals surface area contributed by atoms with Gasteiger partial charge in [-0.05, 0) is 50.6 Å². The quantitative estimate of drug-likeness (QED) is 0.824. The maximum atomic E-state index is 12.1. The van der Waals surface area contributed by atoms with E-state index < -0.39 is 0 Å². The number of nitrogens with zero attached hydrogens (tertiary/aromatic N) is 2. The second kappa shape index (κ2) is 6.96. The summed E-state index contributed by atoms with van der Waals surface area (Å²) in [5.41, 5.74) is 0. The molecule has 0 bridgehead atoms. The zero-order valence-electron chi connectivity index (χ0n) is 14.7. The van der Waals surface area contributed by atoms with Crippen LogP contribution in [-0.4, -0.2) is 60.3 Å². The Bertz CT molecular complexity index is 531. The Kier molecular flexibility index (Phi) is 4.72. The van der Waals surface area contributed by atoms with Crippen molar-refractivity contribution in [3.63, 3.8) is 0 Å². The summed E-state index contributed by atoms with van der Waals surface area (Å²) in [5, 5.41) is 7.58. The minimum Gasteiger partial charge on any atom is -0.340 e. The molecule has 132 valence electrons. The highest BCUT2D eigenvalue weighted by Crippen LogP contribution is 2.29. The lowest BCUT2D eigenvalue weighted by Crippen LogP contribution is -2.56. The number of hydrogen-bond donors (Lipinski definition) is 2. The highest BCUT2D eigenvalue weighted by molar-refractivity contribution is 5.78. The predicted molar refractivity (Wildman–Crippen MR) is 96.3 cm³/mol. The van der Waals surface area contributed by atoms with E-state index in [-0.39, 0.29) is 0 Å². The van der Waals surface area contributed by atoms with Gasteiger partial charge in [0.25, 0.3) is 0 Å². The Balaban J connectivity index is 1.35. The monoisotopic (exact) mass is 330 g/mol. The molecule has 0 aromatic carbocycles. The molecule has 4 heterocycles. The molecule has 4 aliphatic rings. The molecule has 0 aliphatic carbocycles. The zero-order chi connectivity index (χ0) is 16.5. The zero-order valence-corrected chi connectivity index (χ0v) is 14.7. The Hall–Kier alpha value is -1.20. The van der Waals surface area contributed by atoms with Crippen molar-refractivity contribution in [2.24, 2.45) is 10.9 Å². The van der Waals surface area contributed by atoms with Crippen LogP contribution in [0.25, 0.3) is 0 Å². The summed E-state index contributed by atoms with van der Waals surface area (Å²) < 4.78 is 0. The number of aliphatic imine (C=N–C) groups is 1. The lowest BCUT2D eigenvalue weighted by molar-refractivity contribution is -0.130. The minimum atomic E-state index is 0.370. The molecular formula is C19H30N4O. The standard InChI is InChI=1S/C19H30N4O/c1-13-4-2-9-21-19(13)16-7-6-15(22-16)17-12-14(8-10-20-17)23-11-3-5-18(23)24/h2,4,9,13-17,19-20,22H,3,5-8,10-12H2,1H3/t13-,14?,15?,16?,17?,19?/m0/s1. The molecule has 0 aromatic heterocycles. The minimum absolute atomic E-state index is 0.370. The lowest BCUT2D eigenvalue weighted by atomic mass is 9.91. The van der Waals surface area contributed by atoms with Gasteiger partial charge in [0.1, 0.15) is 0 Å². The average molecular weight is 330 g/mol. The van der Waals surface area contributed by atoms with Crippen molar-refractivity contribution in [3.05, 3.63) is 12.2 Å². The number of likely N-dealkylation sites (tertiary alicyclic amines) is 1. The first-order valence-electron chi connectivity index (χ1n) is 9.71. The fraction of sp³-hybridized carbons (Fsp3) is 0.789. The number of amides is 1. The van der Waals surface area contributed by atoms with Crippen molar-refractivity contribution in [2.45, 2.75) is 75.7 Å². The molecule has 6 atom stereocenters. The van der Waals surface area contributed by atoms with E-state index in [4.69, 9.17) is 4.99 Å². The third kappa shape index (κ3) is 3.16. The third-order valence-electron chi connectivity index (χ3n) is 6.37. The maximum Gasteiger partial charge on any atom is 0.222 e. The fourth-order valence-corrected chi connectivity index (χ4v) is 5.06. The molecule has 3 saturated heterocycles. The highest BCUT2D eigenvalue weighted by Gasteiger charge is 2.39. The van der Waals surface area contributed by atoms with Gasteiger partial charge >= 0.3 is 0 Å². The number of hydrogen-bond acceptors (Lipinski definition) is 4. The van der Waals surface area contributed by atoms with Crippen LogP contribution in [0, 0.1) is 5.92 Å². The van der Waals surface area contributed by atoms with Gasteiger partial charge < -0.3 is 15.5 Å². The number of dihydropyridines is 1. The number of allylic oxidation sites excluding steroid dienone is 1. The molecule has 4 aliphatic heterocycles. The van der Waals surface area contributed by atoms with Crippen LogP contribution in [0.4, 0.5) is 0 Å². The van der Waals surface area contributed by atoms with Gasteiger partial charge in [0.15, 0.2) is 0 Å². The fourth-order valence-electron chi connectivity index (χ4n) is 5.06. The molecule has 0 aromatic rings. The lowest BCUT2D eigenvalue weighted by Gasteiger charge is -2.39. The van der Waals surface area contributed by atoms with Gasteiger partial charge in [-0.1, -0.05) is 13.0 Å². The van der Waals surface area contributed by atoms with Gasteiger partial charge in [-0.2, -0.15) is 0 Å². The van der Waals surface area contributed by atoms with Gasteiger partial charge in [0.05, 0.1) is 6.04 Å². The van der Waals surface area contributed by atoms with Crippen LogP contribution in [0.15, 0.2) is 17.1 Å². The second-order valence-corrected chi connectivity index (χ2v) is 7.92. The SMILES string of the molecule is C[C@H]1C=CC=NC1C1CCC(C2CC(N3CCCC3=O)CCN2)N1. The summed E-state index contributed by atoms with van der Waals surface area (Å²) in [7, 11) is 0. The van der Waals surface area contributed by atoms with Crippen LogP contribution < -0.4 is 10.6 Å². The summed E-state index contributed by atoms with van der Waals surface area (Å²) in [6, 6.07) is 2.31. The van der Waals surface area contributed by atoms with E-state index in [9.17, 15) is 4.79 Å². The first-order chi connectivity index (χ1) is 11.7. The molecule has 0 spiro atoms. The molecule has 3 fully saturated rings. The van der Waals surface area contributed by atoms with Gasteiger partial charge in [-0.15, -0.1) is 0 Å². The van der Waals surface area contributed by atoms with Crippen LogP contribution in [0.1, 0.15) is 45.4 Å². The van der Waals surface area contributed by atoms with E-state index in [0.717, 1.165) is 38.8 Å². The topological polar surface area (TPSA) is 56.7 Å². The van der Waals surface area contributed by atoms with Gasteiger partial charge in [-0.3, -0.25) is 9.79 Å². The molecule has 0 radical (unpaired) electrons. The Morgan fingerprint density at radius 2 is 2.08 bits per heavy atom. The van der Waals surface area contributed by atoms with Gasteiger partial charge in [0, 0.05) is 43.3 Å². The summed E-state index contributed by atoms with van der Waals surface area (Å²) in [5.74, 6) is 0.885. The average Bonchev–Trinajstić information content (AvgIpc) is 3.24. The second-order valence-electron chi connectivity index (χ2n) is 7.92. The van der Waals surface area contributed by atoms with E-state index in [1.54, 1.807) is 0 Å². The first-order valence-corrected chi connectivity index (χ1v) is 9.71. The summed E-state index contributed by atoms with van der Waals surface area (Å²) in [6.45, 7) is 4.26. The van der Waals surface area contributed by atoms with E-state index in [2.05, 4.69) is 34.6 Å². The van der Waals surface area contributed by atoms with Crippen molar-refractivity contribution in [1.82, 2.24) is 15.5 Å². The molecule has 0 saturated carbocycles. The summed E-state index contributed by atoms with van der Waals surface area (Å²) in [4.78, 5) is 18.9. The van der Waals surface area contributed by atoms with E-state index in [1.807, 2.05) is 6.21 Å². The van der Waals surface area contributed by atoms with Crippen molar-refractivity contribution < 1.29 is 4.79 Å². The summed E-state index contributed by atoms with van der Waals surface area (Å²) in [6.07, 6.45) is 12.7. The van der Waals surface area contributed by atoms with Crippen LogP contribution in [0.5, 0.6) is 0 Å². The van der Waals surface area contributed by atoms with Crippen molar-refractivity contribution >= 4 is 12.1 Å². The molecule has 5 unspecified atom stereocenters. The van der Waals surface area contributed by atoms with Crippen molar-refractivity contribution in [1.29, 1.82) is 0 Å². The number of piperidine rings is 1. The van der Waals surface area contributed by atoms with Crippen molar-refractivity contribution in [2.75, 3.05) is 13.1 Å². The van der Waals surface area contributed by atoms with E-state index in [0.29, 0.717) is 42.0 Å². The maximum absolute atomic E-state index is 12.1. The van der Waals surface area contributed by atoms with Crippen LogP contribution >= 0.6 is 0 Å². The first kappa shape index (κ1) is 16.3. The van der Waals surface area contributed by atoms with Gasteiger partial charge in [0.2, 0.25) is 5.91 Å². The number of rotatable bonds is 3. The molecule has 2 N–H and O–H groups in total. The third-order valence-corrected chi connectivity index (χ3v) is 6.37. The predicted octanol–water partition coefficient (Wildman–Crippen LogP) is 1.50. The van der Waals surface area contributed by atoms with Crippen LogP contribution in [-0.2, 0) is 4.79 Å². The molecule has 24 heavy (non-hydrogen) atoms. The van der Waals surface area contributed by atoms with E-state index >= 15 is 0 Å². The smallest absolute Gasteiger partial charge is 0.222 e. The summed E-state index contributed by atoms with van der Waals surface area (Å²) >= 11 is 0. The number of nitrogens with one attached hydrogen (secondary N) is 2.